The lowest BCUT2D eigenvalue weighted by molar-refractivity contribution is 0.414. The van der Waals surface area contributed by atoms with E-state index in [9.17, 15) is 0 Å². The number of nitrogens with zero attached hydrogens (tertiary/aromatic N) is 5. The molecule has 0 spiro atoms. The highest BCUT2D eigenvalue weighted by atomic mass is 16.5. The molecule has 0 N–H and O–H groups in total. The summed E-state index contributed by atoms with van der Waals surface area (Å²) in [6.45, 7) is 2.08. The van der Waals surface area contributed by atoms with Gasteiger partial charge in [0.15, 0.2) is 11.5 Å². The molecule has 7 nitrogen and oxygen atoms in total. The molecule has 0 saturated carbocycles. The Balaban J connectivity index is 1.55. The molecule has 1 saturated heterocycles. The molecular weight excluding hydrogens is 306 g/mol. The summed E-state index contributed by atoms with van der Waals surface area (Å²) in [5.41, 5.74) is 1.43. The molecule has 3 heterocycles. The quantitative estimate of drug-likeness (QED) is 0.730. The lowest BCUT2D eigenvalue weighted by Gasteiger charge is -2.14. The Labute approximate surface area is 139 Å². The highest BCUT2D eigenvalue weighted by Crippen LogP contribution is 2.24. The van der Waals surface area contributed by atoms with Crippen molar-refractivity contribution < 1.29 is 9.26 Å². The van der Waals surface area contributed by atoms with Crippen LogP contribution in [0.1, 0.15) is 12.8 Å². The molecule has 1 fully saturated rings. The van der Waals surface area contributed by atoms with Gasteiger partial charge in [0.1, 0.15) is 5.75 Å². The van der Waals surface area contributed by atoms with E-state index in [1.54, 1.807) is 7.11 Å². The number of aromatic nitrogens is 4. The van der Waals surface area contributed by atoms with Gasteiger partial charge in [0, 0.05) is 18.7 Å². The zero-order valence-corrected chi connectivity index (χ0v) is 13.3. The monoisotopic (exact) mass is 323 g/mol. The minimum absolute atomic E-state index is 0.362. The van der Waals surface area contributed by atoms with Gasteiger partial charge in [-0.2, -0.15) is 4.98 Å². The van der Waals surface area contributed by atoms with Gasteiger partial charge in [0.25, 0.3) is 5.89 Å². The van der Waals surface area contributed by atoms with Crippen molar-refractivity contribution >= 4 is 5.82 Å². The van der Waals surface area contributed by atoms with Crippen LogP contribution in [0.2, 0.25) is 0 Å². The van der Waals surface area contributed by atoms with Crippen LogP contribution in [-0.2, 0) is 0 Å². The first kappa shape index (κ1) is 14.6. The molecule has 4 rings (SSSR count). The minimum atomic E-state index is 0.362. The molecule has 1 aromatic carbocycles. The van der Waals surface area contributed by atoms with Crippen molar-refractivity contribution in [1.29, 1.82) is 0 Å². The van der Waals surface area contributed by atoms with E-state index in [0.29, 0.717) is 17.4 Å². The van der Waals surface area contributed by atoms with E-state index in [-0.39, 0.29) is 0 Å². The first-order valence-electron chi connectivity index (χ1n) is 7.91. The molecule has 3 aromatic rings. The molecule has 0 aliphatic carbocycles. The molecule has 0 radical (unpaired) electrons. The summed E-state index contributed by atoms with van der Waals surface area (Å²) in [6.07, 6.45) is 2.41. The number of benzene rings is 1. The third-order valence-electron chi connectivity index (χ3n) is 4.07. The molecule has 122 valence electrons. The van der Waals surface area contributed by atoms with Crippen LogP contribution in [0.3, 0.4) is 0 Å². The standard InChI is InChI=1S/C17H17N5O2/c1-23-13-6-4-12(5-7-13)16-18-17(24-21-16)14-8-9-15(20-19-14)22-10-2-3-11-22/h4-9H,2-3,10-11H2,1H3. The van der Waals surface area contributed by atoms with Crippen LogP contribution in [0.25, 0.3) is 23.0 Å². The highest BCUT2D eigenvalue weighted by Gasteiger charge is 2.16. The normalized spacial score (nSPS) is 14.1. The largest absolute Gasteiger partial charge is 0.497 e. The zero-order valence-electron chi connectivity index (χ0n) is 13.3. The Morgan fingerprint density at radius 2 is 1.79 bits per heavy atom. The van der Waals surface area contributed by atoms with Crippen LogP contribution in [0.5, 0.6) is 5.75 Å². The van der Waals surface area contributed by atoms with Gasteiger partial charge in [-0.15, -0.1) is 10.2 Å². The number of methoxy groups -OCH3 is 1. The minimum Gasteiger partial charge on any atom is -0.497 e. The second-order valence-corrected chi connectivity index (χ2v) is 5.62. The molecule has 0 unspecified atom stereocenters. The maximum Gasteiger partial charge on any atom is 0.278 e. The Kier molecular flexibility index (Phi) is 3.82. The van der Waals surface area contributed by atoms with E-state index in [1.165, 1.54) is 12.8 Å². The number of anilines is 1. The van der Waals surface area contributed by atoms with Crippen LogP contribution >= 0.6 is 0 Å². The van der Waals surface area contributed by atoms with Gasteiger partial charge in [-0.25, -0.2) is 0 Å². The smallest absolute Gasteiger partial charge is 0.278 e. The van der Waals surface area contributed by atoms with E-state index < -0.39 is 0 Å². The lowest BCUT2D eigenvalue weighted by Crippen LogP contribution is -2.19. The maximum atomic E-state index is 5.32. The van der Waals surface area contributed by atoms with Crippen molar-refractivity contribution in [3.8, 4) is 28.7 Å². The average Bonchev–Trinajstić information content (AvgIpc) is 3.34. The molecular formula is C17H17N5O2. The van der Waals surface area contributed by atoms with Gasteiger partial charge in [-0.1, -0.05) is 5.16 Å². The van der Waals surface area contributed by atoms with Crippen LogP contribution in [-0.4, -0.2) is 40.5 Å². The first-order valence-corrected chi connectivity index (χ1v) is 7.91. The molecule has 24 heavy (non-hydrogen) atoms. The van der Waals surface area contributed by atoms with Crippen molar-refractivity contribution in [3.05, 3.63) is 36.4 Å². The van der Waals surface area contributed by atoms with Gasteiger partial charge in [-0.3, -0.25) is 0 Å². The molecule has 0 bridgehead atoms. The van der Waals surface area contributed by atoms with E-state index in [2.05, 4.69) is 25.2 Å². The lowest BCUT2D eigenvalue weighted by atomic mass is 10.2. The van der Waals surface area contributed by atoms with Crippen molar-refractivity contribution in [1.82, 2.24) is 20.3 Å². The van der Waals surface area contributed by atoms with Crippen molar-refractivity contribution in [2.75, 3.05) is 25.1 Å². The summed E-state index contributed by atoms with van der Waals surface area (Å²) >= 11 is 0. The fourth-order valence-corrected chi connectivity index (χ4v) is 2.74. The zero-order chi connectivity index (χ0) is 16.4. The molecule has 1 aliphatic heterocycles. The van der Waals surface area contributed by atoms with Crippen molar-refractivity contribution in [2.24, 2.45) is 0 Å². The third kappa shape index (κ3) is 2.80. The number of rotatable bonds is 4. The Bertz CT molecular complexity index is 808. The SMILES string of the molecule is COc1ccc(-c2noc(-c3ccc(N4CCCC4)nn3)n2)cc1. The van der Waals surface area contributed by atoms with Crippen LogP contribution < -0.4 is 9.64 Å². The van der Waals surface area contributed by atoms with Gasteiger partial charge >= 0.3 is 0 Å². The third-order valence-corrected chi connectivity index (χ3v) is 4.07. The second kappa shape index (κ2) is 6.27. The fourth-order valence-electron chi connectivity index (χ4n) is 2.74. The summed E-state index contributed by atoms with van der Waals surface area (Å²) in [5, 5.41) is 12.5. The maximum absolute atomic E-state index is 5.32. The van der Waals surface area contributed by atoms with E-state index >= 15 is 0 Å². The van der Waals surface area contributed by atoms with Gasteiger partial charge in [-0.05, 0) is 49.2 Å². The van der Waals surface area contributed by atoms with Crippen LogP contribution in [0.4, 0.5) is 5.82 Å². The van der Waals surface area contributed by atoms with Crippen LogP contribution in [0, 0.1) is 0 Å². The summed E-state index contributed by atoms with van der Waals surface area (Å²) in [4.78, 5) is 6.63. The Hall–Kier alpha value is -2.96. The van der Waals surface area contributed by atoms with Crippen LogP contribution in [0.15, 0.2) is 40.9 Å². The Morgan fingerprint density at radius 1 is 1.00 bits per heavy atom. The predicted octanol–water partition coefficient (Wildman–Crippen LogP) is 2.80. The number of hydrogen-bond acceptors (Lipinski definition) is 7. The molecule has 7 heteroatoms. The molecule has 2 aromatic heterocycles. The summed E-state index contributed by atoms with van der Waals surface area (Å²) in [7, 11) is 1.63. The number of ether oxygens (including phenoxy) is 1. The predicted molar refractivity (Wildman–Crippen MR) is 88.8 cm³/mol. The summed E-state index contributed by atoms with van der Waals surface area (Å²) in [6, 6.07) is 11.3. The summed E-state index contributed by atoms with van der Waals surface area (Å²) < 4.78 is 10.5. The van der Waals surface area contributed by atoms with E-state index in [4.69, 9.17) is 9.26 Å². The number of hydrogen-bond donors (Lipinski definition) is 0. The van der Waals surface area contributed by atoms with E-state index in [0.717, 1.165) is 30.2 Å². The molecule has 0 amide bonds. The fraction of sp³-hybridized carbons (Fsp3) is 0.294. The van der Waals surface area contributed by atoms with Gasteiger partial charge < -0.3 is 14.2 Å². The Morgan fingerprint density at radius 3 is 2.46 bits per heavy atom. The van der Waals surface area contributed by atoms with Crippen molar-refractivity contribution in [3.63, 3.8) is 0 Å². The molecule has 1 aliphatic rings. The highest BCUT2D eigenvalue weighted by molar-refractivity contribution is 5.59. The van der Waals surface area contributed by atoms with Crippen molar-refractivity contribution in [2.45, 2.75) is 12.8 Å². The molecule has 0 atom stereocenters. The first-order chi connectivity index (χ1) is 11.8. The van der Waals surface area contributed by atoms with E-state index in [1.807, 2.05) is 36.4 Å². The topological polar surface area (TPSA) is 77.2 Å². The van der Waals surface area contributed by atoms with Gasteiger partial charge in [0.2, 0.25) is 5.82 Å². The average molecular weight is 323 g/mol. The van der Waals surface area contributed by atoms with Gasteiger partial charge in [0.05, 0.1) is 7.11 Å². The summed E-state index contributed by atoms with van der Waals surface area (Å²) in [5.74, 6) is 2.55. The second-order valence-electron chi connectivity index (χ2n) is 5.62.